The van der Waals surface area contributed by atoms with Crippen molar-refractivity contribution >= 4 is 17.7 Å². The highest BCUT2D eigenvalue weighted by Gasteiger charge is 2.14. The zero-order valence-electron chi connectivity index (χ0n) is 12.5. The van der Waals surface area contributed by atoms with Gasteiger partial charge in [0.2, 0.25) is 5.78 Å². The zero-order chi connectivity index (χ0) is 16.2. The van der Waals surface area contributed by atoms with Gasteiger partial charge < -0.3 is 24.1 Å². The summed E-state index contributed by atoms with van der Waals surface area (Å²) in [5.41, 5.74) is 0. The Balaban J connectivity index is 1.89. The third-order valence-electron chi connectivity index (χ3n) is 2.95. The van der Waals surface area contributed by atoms with Gasteiger partial charge in [0.25, 0.3) is 0 Å². The Morgan fingerprint density at radius 3 is 2.50 bits per heavy atom. The summed E-state index contributed by atoms with van der Waals surface area (Å²) < 4.78 is 20.8. The molecule has 0 spiro atoms. The van der Waals surface area contributed by atoms with E-state index in [0.29, 0.717) is 13.2 Å². The minimum absolute atomic E-state index is 0.0556. The smallest absolute Gasteiger partial charge is 0.372 e. The number of hydrogen-bond acceptors (Lipinski definition) is 7. The standard InChI is InChI=1S/C14H22O8/c15-11(14(17)18)4-5-12(16)20-9-7-19-8-10-22-13-3-1-2-6-21-13/h13H,1-10H2,(H,17,18). The van der Waals surface area contributed by atoms with Gasteiger partial charge in [0.1, 0.15) is 6.61 Å². The first-order valence-corrected chi connectivity index (χ1v) is 7.32. The molecule has 0 aromatic carbocycles. The van der Waals surface area contributed by atoms with Crippen molar-refractivity contribution in [1.29, 1.82) is 0 Å². The molecule has 126 valence electrons. The average molecular weight is 318 g/mol. The Kier molecular flexibility index (Phi) is 9.36. The Hall–Kier alpha value is -1.51. The zero-order valence-corrected chi connectivity index (χ0v) is 12.5. The van der Waals surface area contributed by atoms with Crippen molar-refractivity contribution in [2.75, 3.05) is 33.0 Å². The lowest BCUT2D eigenvalue weighted by atomic mass is 10.2. The van der Waals surface area contributed by atoms with E-state index in [9.17, 15) is 14.4 Å². The largest absolute Gasteiger partial charge is 0.476 e. The number of carboxylic acids is 1. The van der Waals surface area contributed by atoms with Gasteiger partial charge in [0, 0.05) is 13.0 Å². The number of aliphatic carboxylic acids is 1. The van der Waals surface area contributed by atoms with E-state index in [4.69, 9.17) is 24.1 Å². The monoisotopic (exact) mass is 318 g/mol. The number of esters is 1. The van der Waals surface area contributed by atoms with Crippen LogP contribution < -0.4 is 0 Å². The lowest BCUT2D eigenvalue weighted by Gasteiger charge is -2.22. The summed E-state index contributed by atoms with van der Waals surface area (Å²) >= 11 is 0. The van der Waals surface area contributed by atoms with Gasteiger partial charge >= 0.3 is 11.9 Å². The summed E-state index contributed by atoms with van der Waals surface area (Å²) in [6.45, 7) is 1.78. The molecule has 1 rings (SSSR count). The fourth-order valence-corrected chi connectivity index (χ4v) is 1.79. The first-order valence-electron chi connectivity index (χ1n) is 7.32. The van der Waals surface area contributed by atoms with E-state index < -0.39 is 17.7 Å². The predicted molar refractivity (Wildman–Crippen MR) is 73.2 cm³/mol. The second-order valence-electron chi connectivity index (χ2n) is 4.73. The van der Waals surface area contributed by atoms with Crippen molar-refractivity contribution in [3.8, 4) is 0 Å². The summed E-state index contributed by atoms with van der Waals surface area (Å²) in [6.07, 6.45) is 2.32. The molecule has 1 aliphatic rings. The van der Waals surface area contributed by atoms with E-state index >= 15 is 0 Å². The predicted octanol–water partition coefficient (Wildman–Crippen LogP) is 0.523. The molecular formula is C14H22O8. The van der Waals surface area contributed by atoms with Crippen LogP contribution in [0.15, 0.2) is 0 Å². The first-order chi connectivity index (χ1) is 10.6. The molecule has 0 saturated carbocycles. The van der Waals surface area contributed by atoms with Crippen LogP contribution in [0, 0.1) is 0 Å². The molecule has 8 heteroatoms. The van der Waals surface area contributed by atoms with E-state index in [2.05, 4.69) is 0 Å². The van der Waals surface area contributed by atoms with Crippen molar-refractivity contribution < 1.29 is 38.4 Å². The summed E-state index contributed by atoms with van der Waals surface area (Å²) in [5.74, 6) is -3.17. The Morgan fingerprint density at radius 1 is 1.05 bits per heavy atom. The van der Waals surface area contributed by atoms with Crippen LogP contribution in [0.1, 0.15) is 32.1 Å². The molecule has 8 nitrogen and oxygen atoms in total. The van der Waals surface area contributed by atoms with Crippen LogP contribution in [-0.2, 0) is 33.3 Å². The van der Waals surface area contributed by atoms with Gasteiger partial charge in [-0.25, -0.2) is 4.79 Å². The Morgan fingerprint density at radius 2 is 1.82 bits per heavy atom. The number of carbonyl (C=O) groups is 3. The maximum Gasteiger partial charge on any atom is 0.372 e. The number of ether oxygens (including phenoxy) is 4. The maximum atomic E-state index is 11.2. The summed E-state index contributed by atoms with van der Waals surface area (Å²) in [6, 6.07) is 0. The highest BCUT2D eigenvalue weighted by atomic mass is 16.7. The molecule has 0 aromatic heterocycles. The molecule has 0 radical (unpaired) electrons. The minimum atomic E-state index is -1.54. The van der Waals surface area contributed by atoms with Gasteiger partial charge in [-0.15, -0.1) is 0 Å². The van der Waals surface area contributed by atoms with Crippen LogP contribution >= 0.6 is 0 Å². The van der Waals surface area contributed by atoms with Crippen molar-refractivity contribution in [2.45, 2.75) is 38.4 Å². The highest BCUT2D eigenvalue weighted by Crippen LogP contribution is 2.13. The molecule has 0 amide bonds. The number of hydrogen-bond donors (Lipinski definition) is 1. The van der Waals surface area contributed by atoms with Crippen molar-refractivity contribution in [3.63, 3.8) is 0 Å². The normalized spacial score (nSPS) is 17.9. The van der Waals surface area contributed by atoms with E-state index in [1.54, 1.807) is 0 Å². The third kappa shape index (κ3) is 8.71. The second kappa shape index (κ2) is 11.1. The van der Waals surface area contributed by atoms with Crippen LogP contribution in [0.4, 0.5) is 0 Å². The van der Waals surface area contributed by atoms with E-state index in [1.165, 1.54) is 0 Å². The maximum absolute atomic E-state index is 11.2. The molecule has 1 aliphatic heterocycles. The minimum Gasteiger partial charge on any atom is -0.476 e. The van der Waals surface area contributed by atoms with Gasteiger partial charge in [-0.3, -0.25) is 9.59 Å². The fraction of sp³-hybridized carbons (Fsp3) is 0.786. The lowest BCUT2D eigenvalue weighted by molar-refractivity contribution is -0.169. The van der Waals surface area contributed by atoms with Crippen LogP contribution in [0.5, 0.6) is 0 Å². The molecule has 0 aromatic rings. The molecule has 1 fully saturated rings. The van der Waals surface area contributed by atoms with Crippen LogP contribution in [-0.4, -0.2) is 62.2 Å². The van der Waals surface area contributed by atoms with Crippen LogP contribution in [0.3, 0.4) is 0 Å². The molecule has 0 bridgehead atoms. The van der Waals surface area contributed by atoms with Gasteiger partial charge in [-0.1, -0.05) is 0 Å². The molecule has 1 N–H and O–H groups in total. The average Bonchev–Trinajstić information content (AvgIpc) is 2.52. The number of Topliss-reactive ketones (excluding diaryl/α,β-unsaturated/α-hetero) is 1. The molecule has 1 saturated heterocycles. The van der Waals surface area contributed by atoms with E-state index in [1.807, 2.05) is 0 Å². The SMILES string of the molecule is O=C(CCC(=O)C(=O)O)OCCOCCOC1CCCCO1. The van der Waals surface area contributed by atoms with Crippen molar-refractivity contribution in [2.24, 2.45) is 0 Å². The molecule has 1 unspecified atom stereocenters. The number of carbonyl (C=O) groups excluding carboxylic acids is 2. The van der Waals surface area contributed by atoms with Crippen LogP contribution in [0.2, 0.25) is 0 Å². The molecule has 0 aliphatic carbocycles. The Labute approximate surface area is 128 Å². The first kappa shape index (κ1) is 18.5. The third-order valence-corrected chi connectivity index (χ3v) is 2.95. The number of rotatable bonds is 11. The molecular weight excluding hydrogens is 296 g/mol. The molecule has 22 heavy (non-hydrogen) atoms. The van der Waals surface area contributed by atoms with Gasteiger partial charge in [-0.2, -0.15) is 0 Å². The lowest BCUT2D eigenvalue weighted by Crippen LogP contribution is -2.24. The topological polar surface area (TPSA) is 108 Å². The summed E-state index contributed by atoms with van der Waals surface area (Å²) in [4.78, 5) is 32.2. The fourth-order valence-electron chi connectivity index (χ4n) is 1.79. The second-order valence-corrected chi connectivity index (χ2v) is 4.73. The highest BCUT2D eigenvalue weighted by molar-refractivity contribution is 6.32. The number of ketones is 1. The summed E-state index contributed by atoms with van der Waals surface area (Å²) in [7, 11) is 0. The Bertz CT molecular complexity index is 362. The van der Waals surface area contributed by atoms with Crippen LogP contribution in [0.25, 0.3) is 0 Å². The van der Waals surface area contributed by atoms with E-state index in [0.717, 1.165) is 25.9 Å². The van der Waals surface area contributed by atoms with E-state index in [-0.39, 0.29) is 32.3 Å². The van der Waals surface area contributed by atoms with Crippen molar-refractivity contribution in [1.82, 2.24) is 0 Å². The molecule has 1 atom stereocenters. The number of carboxylic acid groups (broad SMARTS) is 1. The quantitative estimate of drug-likeness (QED) is 0.334. The van der Waals surface area contributed by atoms with Gasteiger partial charge in [0.15, 0.2) is 6.29 Å². The summed E-state index contributed by atoms with van der Waals surface area (Å²) in [5, 5.41) is 8.34. The van der Waals surface area contributed by atoms with Gasteiger partial charge in [-0.05, 0) is 19.3 Å². The molecule has 1 heterocycles. The van der Waals surface area contributed by atoms with Gasteiger partial charge in [0.05, 0.1) is 26.2 Å². The van der Waals surface area contributed by atoms with Crippen molar-refractivity contribution in [3.05, 3.63) is 0 Å².